The molecule has 2 aliphatic heterocycles. The van der Waals surface area contributed by atoms with Crippen LogP contribution in [0.1, 0.15) is 46.4 Å². The van der Waals surface area contributed by atoms with E-state index in [1.165, 1.54) is 36.3 Å². The highest BCUT2D eigenvalue weighted by Crippen LogP contribution is 2.39. The van der Waals surface area contributed by atoms with Crippen LogP contribution in [-0.4, -0.2) is 52.7 Å². The Labute approximate surface area is 170 Å². The molecule has 2 amide bonds. The Bertz CT molecular complexity index is 963. The highest BCUT2D eigenvalue weighted by molar-refractivity contribution is 9.10. The molecule has 0 bridgehead atoms. The lowest BCUT2D eigenvalue weighted by Crippen LogP contribution is -2.42. The van der Waals surface area contributed by atoms with Gasteiger partial charge in [0.25, 0.3) is 17.5 Å². The normalized spacial score (nSPS) is 17.4. The van der Waals surface area contributed by atoms with Gasteiger partial charge >= 0.3 is 0 Å². The van der Waals surface area contributed by atoms with E-state index in [1.807, 2.05) is 0 Å². The zero-order valence-electron chi connectivity index (χ0n) is 15.3. The number of nitro groups is 1. The minimum absolute atomic E-state index is 0.119. The largest absolute Gasteiger partial charge is 0.303 e. The SMILES string of the molecule is O=C1c2ccc(Br)c3c([N+](=O)[O-])ccc(c23)C(=O)N1CCCN1CCCCC1. The van der Waals surface area contributed by atoms with Gasteiger partial charge in [0, 0.05) is 33.6 Å². The van der Waals surface area contributed by atoms with E-state index in [0.29, 0.717) is 32.9 Å². The number of hydrogen-bond acceptors (Lipinski definition) is 5. The second kappa shape index (κ2) is 7.60. The lowest BCUT2D eigenvalue weighted by molar-refractivity contribution is -0.383. The number of non-ortho nitro benzene ring substituents is 1. The lowest BCUT2D eigenvalue weighted by atomic mass is 9.93. The summed E-state index contributed by atoms with van der Waals surface area (Å²) in [6, 6.07) is 6.06. The first kappa shape index (κ1) is 19.0. The summed E-state index contributed by atoms with van der Waals surface area (Å²) in [6.07, 6.45) is 4.39. The molecule has 0 saturated carbocycles. The number of nitrogens with zero attached hydrogens (tertiary/aromatic N) is 3. The maximum absolute atomic E-state index is 13.0. The molecule has 0 spiro atoms. The molecule has 0 unspecified atom stereocenters. The molecule has 0 radical (unpaired) electrons. The summed E-state index contributed by atoms with van der Waals surface area (Å²) in [5.41, 5.74) is 0.565. The molecule has 2 aromatic rings. The second-order valence-electron chi connectivity index (χ2n) is 7.25. The molecule has 1 fully saturated rings. The van der Waals surface area contributed by atoms with E-state index in [2.05, 4.69) is 20.8 Å². The smallest absolute Gasteiger partial charge is 0.278 e. The van der Waals surface area contributed by atoms with Gasteiger partial charge in [0.1, 0.15) is 0 Å². The Hall–Kier alpha value is -2.32. The van der Waals surface area contributed by atoms with Crippen LogP contribution in [0, 0.1) is 10.1 Å². The summed E-state index contributed by atoms with van der Waals surface area (Å²) >= 11 is 3.33. The minimum Gasteiger partial charge on any atom is -0.303 e. The van der Waals surface area contributed by atoms with Gasteiger partial charge in [0.05, 0.1) is 10.3 Å². The summed E-state index contributed by atoms with van der Waals surface area (Å²) in [6.45, 7) is 3.35. The number of carbonyl (C=O) groups excluding carboxylic acids is 2. The van der Waals surface area contributed by atoms with Crippen LogP contribution in [0.4, 0.5) is 5.69 Å². The molecule has 0 aromatic heterocycles. The second-order valence-corrected chi connectivity index (χ2v) is 8.11. The van der Waals surface area contributed by atoms with Crippen LogP contribution in [0.15, 0.2) is 28.7 Å². The lowest BCUT2D eigenvalue weighted by Gasteiger charge is -2.30. The van der Waals surface area contributed by atoms with Crippen molar-refractivity contribution in [2.45, 2.75) is 25.7 Å². The molecule has 7 nitrogen and oxygen atoms in total. The summed E-state index contributed by atoms with van der Waals surface area (Å²) in [7, 11) is 0. The van der Waals surface area contributed by atoms with Crippen molar-refractivity contribution in [1.82, 2.24) is 9.80 Å². The first-order valence-corrected chi connectivity index (χ1v) is 10.3. The Morgan fingerprint density at radius 2 is 1.57 bits per heavy atom. The van der Waals surface area contributed by atoms with Crippen LogP contribution in [0.5, 0.6) is 0 Å². The number of imide groups is 1. The molecule has 2 aromatic carbocycles. The van der Waals surface area contributed by atoms with Crippen molar-refractivity contribution in [3.05, 3.63) is 50.0 Å². The molecule has 2 heterocycles. The van der Waals surface area contributed by atoms with Gasteiger partial charge in [-0.15, -0.1) is 0 Å². The fourth-order valence-electron chi connectivity index (χ4n) is 4.17. The van der Waals surface area contributed by atoms with Crippen LogP contribution >= 0.6 is 15.9 Å². The van der Waals surface area contributed by atoms with E-state index >= 15 is 0 Å². The molecule has 4 rings (SSSR count). The van der Waals surface area contributed by atoms with Gasteiger partial charge in [-0.2, -0.15) is 0 Å². The summed E-state index contributed by atoms with van der Waals surface area (Å²) in [5.74, 6) is -0.761. The molecule has 1 saturated heterocycles. The van der Waals surface area contributed by atoms with Gasteiger partial charge in [-0.05, 0) is 73.0 Å². The zero-order valence-corrected chi connectivity index (χ0v) is 16.9. The highest BCUT2D eigenvalue weighted by atomic mass is 79.9. The third-order valence-corrected chi connectivity index (χ3v) is 6.20. The molecular formula is C20H20BrN3O4. The number of hydrogen-bond donors (Lipinski definition) is 0. The van der Waals surface area contributed by atoms with Gasteiger partial charge in [0.15, 0.2) is 0 Å². The summed E-state index contributed by atoms with van der Waals surface area (Å²) in [4.78, 5) is 40.6. The van der Waals surface area contributed by atoms with Crippen molar-refractivity contribution in [2.75, 3.05) is 26.2 Å². The summed E-state index contributed by atoms with van der Waals surface area (Å²) in [5, 5.41) is 12.1. The molecule has 0 atom stereocenters. The van der Waals surface area contributed by atoms with Crippen LogP contribution in [0.2, 0.25) is 0 Å². The van der Waals surface area contributed by atoms with Crippen molar-refractivity contribution in [2.24, 2.45) is 0 Å². The van der Waals surface area contributed by atoms with Gasteiger partial charge in [0.2, 0.25) is 0 Å². The number of piperidine rings is 1. The minimum atomic E-state index is -0.492. The number of likely N-dealkylation sites (tertiary alicyclic amines) is 1. The van der Waals surface area contributed by atoms with Crippen LogP contribution in [0.25, 0.3) is 10.8 Å². The van der Waals surface area contributed by atoms with Gasteiger partial charge in [-0.25, -0.2) is 0 Å². The third-order valence-electron chi connectivity index (χ3n) is 5.54. The molecule has 2 aliphatic rings. The van der Waals surface area contributed by atoms with E-state index < -0.39 is 4.92 Å². The summed E-state index contributed by atoms with van der Waals surface area (Å²) < 4.78 is 0.499. The van der Waals surface area contributed by atoms with Crippen LogP contribution in [0.3, 0.4) is 0 Å². The molecule has 0 aliphatic carbocycles. The van der Waals surface area contributed by atoms with E-state index in [9.17, 15) is 19.7 Å². The van der Waals surface area contributed by atoms with Gasteiger partial charge in [-0.3, -0.25) is 24.6 Å². The average Bonchev–Trinajstić information content (AvgIpc) is 2.70. The number of carbonyl (C=O) groups is 2. The third kappa shape index (κ3) is 3.20. The van der Waals surface area contributed by atoms with Crippen molar-refractivity contribution in [3.8, 4) is 0 Å². The van der Waals surface area contributed by atoms with Crippen LogP contribution < -0.4 is 0 Å². The Kier molecular flexibility index (Phi) is 5.16. The quantitative estimate of drug-likeness (QED) is 0.394. The average molecular weight is 446 g/mol. The maximum Gasteiger partial charge on any atom is 0.278 e. The van der Waals surface area contributed by atoms with E-state index in [4.69, 9.17) is 0 Å². The number of rotatable bonds is 5. The molecule has 146 valence electrons. The fourth-order valence-corrected chi connectivity index (χ4v) is 4.70. The number of halogens is 1. The first-order valence-electron chi connectivity index (χ1n) is 9.47. The van der Waals surface area contributed by atoms with Crippen molar-refractivity contribution >= 4 is 44.2 Å². The molecular weight excluding hydrogens is 426 g/mol. The van der Waals surface area contributed by atoms with Gasteiger partial charge < -0.3 is 4.90 Å². The Balaban J connectivity index is 1.64. The number of nitro benzene ring substituents is 1. The predicted octanol–water partition coefficient (Wildman–Crippen LogP) is 3.98. The molecule has 0 N–H and O–H groups in total. The predicted molar refractivity (Wildman–Crippen MR) is 109 cm³/mol. The molecule has 8 heteroatoms. The molecule has 28 heavy (non-hydrogen) atoms. The van der Waals surface area contributed by atoms with Crippen molar-refractivity contribution in [3.63, 3.8) is 0 Å². The van der Waals surface area contributed by atoms with Crippen molar-refractivity contribution < 1.29 is 14.5 Å². The monoisotopic (exact) mass is 445 g/mol. The number of benzene rings is 2. The van der Waals surface area contributed by atoms with E-state index in [1.54, 1.807) is 12.1 Å². The Morgan fingerprint density at radius 3 is 2.21 bits per heavy atom. The van der Waals surface area contributed by atoms with E-state index in [-0.39, 0.29) is 17.5 Å². The van der Waals surface area contributed by atoms with E-state index in [0.717, 1.165) is 26.1 Å². The Morgan fingerprint density at radius 1 is 0.929 bits per heavy atom. The first-order chi connectivity index (χ1) is 13.5. The number of amides is 2. The topological polar surface area (TPSA) is 83.8 Å². The van der Waals surface area contributed by atoms with Crippen LogP contribution in [-0.2, 0) is 0 Å². The highest BCUT2D eigenvalue weighted by Gasteiger charge is 2.35. The fraction of sp³-hybridized carbons (Fsp3) is 0.400. The van der Waals surface area contributed by atoms with Crippen molar-refractivity contribution in [1.29, 1.82) is 0 Å². The zero-order chi connectivity index (χ0) is 19.8. The maximum atomic E-state index is 13.0. The standard InChI is InChI=1S/C20H20BrN3O4/c21-15-7-5-13-17-14(6-8-16(18(15)17)24(27)28)20(26)23(19(13)25)12-4-11-22-9-2-1-3-10-22/h5-8H,1-4,9-12H2. The van der Waals surface area contributed by atoms with Gasteiger partial charge in [-0.1, -0.05) is 6.42 Å².